The largest absolute Gasteiger partial charge is 0.508 e. The predicted octanol–water partition coefficient (Wildman–Crippen LogP) is 0.919. The highest BCUT2D eigenvalue weighted by Gasteiger charge is 2.03. The normalized spacial score (nSPS) is 10.6. The van der Waals surface area contributed by atoms with Gasteiger partial charge in [0.2, 0.25) is 0 Å². The van der Waals surface area contributed by atoms with Crippen LogP contribution in [0.15, 0.2) is 18.2 Å². The third-order valence-corrected chi connectivity index (χ3v) is 1.46. The van der Waals surface area contributed by atoms with Crippen LogP contribution in [0.25, 0.3) is 0 Å². The van der Waals surface area contributed by atoms with E-state index in [1.54, 1.807) is 0 Å². The van der Waals surface area contributed by atoms with Crippen molar-refractivity contribution in [2.75, 3.05) is 7.05 Å². The van der Waals surface area contributed by atoms with Crippen LogP contribution >= 0.6 is 0 Å². The first-order valence-electron chi connectivity index (χ1n) is 3.50. The van der Waals surface area contributed by atoms with Gasteiger partial charge in [0.15, 0.2) is 0 Å². The molecule has 0 aliphatic rings. The standard InChI is InChI=1S/C8H11NO3/c1-9(12)5-6-4-7(10)2-3-8(6)11/h2-4,10-12H,5H2,1H3. The summed E-state index contributed by atoms with van der Waals surface area (Å²) < 4.78 is 0. The first kappa shape index (κ1) is 8.83. The lowest BCUT2D eigenvalue weighted by Gasteiger charge is -2.09. The molecule has 0 saturated heterocycles. The fourth-order valence-electron chi connectivity index (χ4n) is 0.945. The Kier molecular flexibility index (Phi) is 2.52. The van der Waals surface area contributed by atoms with Gasteiger partial charge in [0, 0.05) is 12.6 Å². The number of aromatic hydroxyl groups is 2. The zero-order valence-corrected chi connectivity index (χ0v) is 6.73. The van der Waals surface area contributed by atoms with E-state index in [0.29, 0.717) is 5.56 Å². The molecule has 0 amide bonds. The quantitative estimate of drug-likeness (QED) is 0.455. The van der Waals surface area contributed by atoms with E-state index in [9.17, 15) is 5.11 Å². The molecule has 0 spiro atoms. The second kappa shape index (κ2) is 3.42. The van der Waals surface area contributed by atoms with Crippen molar-refractivity contribution in [3.8, 4) is 11.5 Å². The van der Waals surface area contributed by atoms with Gasteiger partial charge in [0.1, 0.15) is 11.5 Å². The Bertz CT molecular complexity index is 273. The average Bonchev–Trinajstić information content (AvgIpc) is 1.96. The molecule has 0 heterocycles. The molecule has 3 N–H and O–H groups in total. The van der Waals surface area contributed by atoms with E-state index >= 15 is 0 Å². The molecule has 4 nitrogen and oxygen atoms in total. The number of rotatable bonds is 2. The zero-order valence-electron chi connectivity index (χ0n) is 6.73. The summed E-state index contributed by atoms with van der Waals surface area (Å²) in [6.07, 6.45) is 0. The Morgan fingerprint density at radius 3 is 2.58 bits per heavy atom. The van der Waals surface area contributed by atoms with Crippen LogP contribution in [0.2, 0.25) is 0 Å². The Morgan fingerprint density at radius 1 is 1.33 bits per heavy atom. The van der Waals surface area contributed by atoms with Crippen molar-refractivity contribution in [2.45, 2.75) is 6.54 Å². The van der Waals surface area contributed by atoms with Crippen molar-refractivity contribution in [1.29, 1.82) is 0 Å². The number of nitrogens with zero attached hydrogens (tertiary/aromatic N) is 1. The van der Waals surface area contributed by atoms with Gasteiger partial charge >= 0.3 is 0 Å². The number of phenols is 2. The van der Waals surface area contributed by atoms with Gasteiger partial charge in [-0.3, -0.25) is 0 Å². The van der Waals surface area contributed by atoms with Gasteiger partial charge in [0.05, 0.1) is 6.54 Å². The van der Waals surface area contributed by atoms with E-state index in [2.05, 4.69) is 0 Å². The molecule has 1 aromatic carbocycles. The van der Waals surface area contributed by atoms with Crippen molar-refractivity contribution in [2.24, 2.45) is 0 Å². The van der Waals surface area contributed by atoms with Crippen LogP contribution in [0.1, 0.15) is 5.56 Å². The van der Waals surface area contributed by atoms with Gasteiger partial charge in [-0.05, 0) is 18.2 Å². The number of hydrogen-bond donors (Lipinski definition) is 3. The predicted molar refractivity (Wildman–Crippen MR) is 43.0 cm³/mol. The van der Waals surface area contributed by atoms with E-state index in [1.165, 1.54) is 25.2 Å². The van der Waals surface area contributed by atoms with Crippen molar-refractivity contribution >= 4 is 0 Å². The van der Waals surface area contributed by atoms with Crippen LogP contribution in [0.5, 0.6) is 11.5 Å². The summed E-state index contributed by atoms with van der Waals surface area (Å²) in [5.74, 6) is 0.137. The highest BCUT2D eigenvalue weighted by atomic mass is 16.5. The smallest absolute Gasteiger partial charge is 0.120 e. The van der Waals surface area contributed by atoms with Crippen molar-refractivity contribution in [3.05, 3.63) is 23.8 Å². The van der Waals surface area contributed by atoms with E-state index in [4.69, 9.17) is 10.3 Å². The highest BCUT2D eigenvalue weighted by Crippen LogP contribution is 2.22. The van der Waals surface area contributed by atoms with E-state index in [0.717, 1.165) is 5.06 Å². The fraction of sp³-hybridized carbons (Fsp3) is 0.250. The van der Waals surface area contributed by atoms with Gasteiger partial charge in [-0.25, -0.2) is 0 Å². The molecule has 12 heavy (non-hydrogen) atoms. The molecular formula is C8H11NO3. The monoisotopic (exact) mass is 169 g/mol. The molecule has 1 aromatic rings. The molecule has 0 bridgehead atoms. The Labute approximate surface area is 70.3 Å². The lowest BCUT2D eigenvalue weighted by Crippen LogP contribution is -2.11. The van der Waals surface area contributed by atoms with Crippen LogP contribution < -0.4 is 0 Å². The Balaban J connectivity index is 2.90. The van der Waals surface area contributed by atoms with Gasteiger partial charge in [-0.15, -0.1) is 0 Å². The molecule has 4 heteroatoms. The summed E-state index contributed by atoms with van der Waals surface area (Å²) in [7, 11) is 1.46. The molecule has 0 fully saturated rings. The average molecular weight is 169 g/mol. The minimum Gasteiger partial charge on any atom is -0.508 e. The van der Waals surface area contributed by atoms with Crippen LogP contribution in [-0.2, 0) is 6.54 Å². The van der Waals surface area contributed by atoms with E-state index in [-0.39, 0.29) is 18.0 Å². The number of phenolic OH excluding ortho intramolecular Hbond substituents is 2. The van der Waals surface area contributed by atoms with Crippen LogP contribution in [0.3, 0.4) is 0 Å². The summed E-state index contributed by atoms with van der Waals surface area (Å²) in [6.45, 7) is 0.181. The maximum atomic E-state index is 9.23. The summed E-state index contributed by atoms with van der Waals surface area (Å²) in [5.41, 5.74) is 0.486. The topological polar surface area (TPSA) is 63.9 Å². The van der Waals surface area contributed by atoms with Crippen LogP contribution in [0.4, 0.5) is 0 Å². The zero-order chi connectivity index (χ0) is 9.14. The molecule has 0 aliphatic carbocycles. The summed E-state index contributed by atoms with van der Waals surface area (Å²) in [4.78, 5) is 0. The SMILES string of the molecule is CN(O)Cc1cc(O)ccc1O. The first-order valence-corrected chi connectivity index (χ1v) is 3.50. The number of hydrogen-bond acceptors (Lipinski definition) is 4. The number of hydroxylamine groups is 2. The van der Waals surface area contributed by atoms with Crippen LogP contribution in [0, 0.1) is 0 Å². The third kappa shape index (κ3) is 2.11. The Morgan fingerprint density at radius 2 is 2.00 bits per heavy atom. The van der Waals surface area contributed by atoms with Crippen LogP contribution in [-0.4, -0.2) is 27.5 Å². The Hall–Kier alpha value is -1.26. The summed E-state index contributed by atoms with van der Waals surface area (Å²) in [6, 6.07) is 4.17. The maximum Gasteiger partial charge on any atom is 0.120 e. The molecule has 0 aromatic heterocycles. The van der Waals surface area contributed by atoms with Crippen molar-refractivity contribution in [3.63, 3.8) is 0 Å². The lowest BCUT2D eigenvalue weighted by molar-refractivity contribution is -0.0735. The molecule has 0 saturated carbocycles. The fourth-order valence-corrected chi connectivity index (χ4v) is 0.945. The molecule has 1 rings (SSSR count). The van der Waals surface area contributed by atoms with Crippen molar-refractivity contribution in [1.82, 2.24) is 5.06 Å². The van der Waals surface area contributed by atoms with E-state index in [1.807, 2.05) is 0 Å². The minimum absolute atomic E-state index is 0.0636. The highest BCUT2D eigenvalue weighted by molar-refractivity contribution is 5.38. The van der Waals surface area contributed by atoms with Gasteiger partial charge < -0.3 is 15.4 Å². The molecule has 66 valence electrons. The second-order valence-corrected chi connectivity index (χ2v) is 2.63. The second-order valence-electron chi connectivity index (χ2n) is 2.63. The molecule has 0 unspecified atom stereocenters. The molecule has 0 aliphatic heterocycles. The van der Waals surface area contributed by atoms with Gasteiger partial charge in [-0.1, -0.05) is 0 Å². The van der Waals surface area contributed by atoms with Crippen molar-refractivity contribution < 1.29 is 15.4 Å². The molecule has 0 atom stereocenters. The van der Waals surface area contributed by atoms with Gasteiger partial charge in [-0.2, -0.15) is 5.06 Å². The molecule has 0 radical (unpaired) electrons. The lowest BCUT2D eigenvalue weighted by atomic mass is 10.2. The van der Waals surface area contributed by atoms with Gasteiger partial charge in [0.25, 0.3) is 0 Å². The third-order valence-electron chi connectivity index (χ3n) is 1.46. The number of benzene rings is 1. The minimum atomic E-state index is 0.0636. The van der Waals surface area contributed by atoms with E-state index < -0.39 is 0 Å². The first-order chi connectivity index (χ1) is 5.59. The summed E-state index contributed by atoms with van der Waals surface area (Å²) >= 11 is 0. The summed E-state index contributed by atoms with van der Waals surface area (Å²) in [5, 5.41) is 28.1. The maximum absolute atomic E-state index is 9.23. The molecular weight excluding hydrogens is 158 g/mol.